The van der Waals surface area contributed by atoms with E-state index in [1.807, 2.05) is 37.3 Å². The molecule has 0 aliphatic rings. The second-order valence-corrected chi connectivity index (χ2v) is 4.42. The zero-order valence-electron chi connectivity index (χ0n) is 8.74. The van der Waals surface area contributed by atoms with Crippen LogP contribution in [-0.4, -0.2) is 18.7 Å². The van der Waals surface area contributed by atoms with Gasteiger partial charge < -0.3 is 9.47 Å². The van der Waals surface area contributed by atoms with Crippen molar-refractivity contribution < 1.29 is 9.47 Å². The van der Waals surface area contributed by atoms with Crippen LogP contribution in [0.15, 0.2) is 30.3 Å². The Balaban J connectivity index is 2.91. The highest BCUT2D eigenvalue weighted by atomic mass is 35.5. The average Bonchev–Trinajstić information content (AvgIpc) is 2.27. The van der Waals surface area contributed by atoms with Crippen molar-refractivity contribution in [3.05, 3.63) is 35.9 Å². The SMILES string of the molecule is COCO[C@@](C)(c1ccccc1)C(Cl)Cl. The van der Waals surface area contributed by atoms with Gasteiger partial charge in [-0.05, 0) is 12.5 Å². The Morgan fingerprint density at radius 2 is 1.87 bits per heavy atom. The van der Waals surface area contributed by atoms with Crippen molar-refractivity contribution in [3.8, 4) is 0 Å². The van der Waals surface area contributed by atoms with E-state index in [0.717, 1.165) is 5.56 Å². The average molecular weight is 249 g/mol. The Morgan fingerprint density at radius 1 is 1.27 bits per heavy atom. The standard InChI is InChI=1S/C11H14Cl2O2/c1-11(10(12)13,15-8-14-2)9-6-4-3-5-7-9/h3-7,10H,8H2,1-2H3/t11-/m0/s1. The molecule has 0 saturated carbocycles. The van der Waals surface area contributed by atoms with Crippen molar-refractivity contribution in [1.29, 1.82) is 0 Å². The van der Waals surface area contributed by atoms with E-state index in [2.05, 4.69) is 0 Å². The second-order valence-electron chi connectivity index (χ2n) is 3.32. The van der Waals surface area contributed by atoms with Crippen LogP contribution in [0.25, 0.3) is 0 Å². The topological polar surface area (TPSA) is 18.5 Å². The van der Waals surface area contributed by atoms with Crippen molar-refractivity contribution in [2.45, 2.75) is 17.4 Å². The van der Waals surface area contributed by atoms with Crippen LogP contribution in [0.3, 0.4) is 0 Å². The maximum Gasteiger partial charge on any atom is 0.147 e. The molecule has 0 spiro atoms. The summed E-state index contributed by atoms with van der Waals surface area (Å²) in [5, 5.41) is 0. The molecule has 0 unspecified atom stereocenters. The molecule has 0 aliphatic carbocycles. The molecule has 0 amide bonds. The van der Waals surface area contributed by atoms with Gasteiger partial charge in [0.1, 0.15) is 17.2 Å². The molecule has 2 nitrogen and oxygen atoms in total. The van der Waals surface area contributed by atoms with E-state index in [4.69, 9.17) is 32.7 Å². The number of ether oxygens (including phenoxy) is 2. The quantitative estimate of drug-likeness (QED) is 0.588. The lowest BCUT2D eigenvalue weighted by molar-refractivity contribution is -0.120. The van der Waals surface area contributed by atoms with E-state index in [0.29, 0.717) is 0 Å². The molecule has 1 aromatic carbocycles. The summed E-state index contributed by atoms with van der Waals surface area (Å²) in [6.07, 6.45) is 0. The van der Waals surface area contributed by atoms with E-state index >= 15 is 0 Å². The molecule has 4 heteroatoms. The number of benzene rings is 1. The van der Waals surface area contributed by atoms with E-state index in [-0.39, 0.29) is 6.79 Å². The van der Waals surface area contributed by atoms with E-state index < -0.39 is 10.4 Å². The highest BCUT2D eigenvalue weighted by molar-refractivity contribution is 6.45. The largest absolute Gasteiger partial charge is 0.359 e. The fourth-order valence-corrected chi connectivity index (χ4v) is 1.60. The summed E-state index contributed by atoms with van der Waals surface area (Å²) >= 11 is 11.9. The Hall–Kier alpha value is -0.280. The maximum atomic E-state index is 5.94. The van der Waals surface area contributed by atoms with E-state index in [9.17, 15) is 0 Å². The summed E-state index contributed by atoms with van der Waals surface area (Å²) < 4.78 is 10.4. The van der Waals surface area contributed by atoms with Gasteiger partial charge in [0.25, 0.3) is 0 Å². The molecule has 84 valence electrons. The van der Waals surface area contributed by atoms with Gasteiger partial charge >= 0.3 is 0 Å². The van der Waals surface area contributed by atoms with Crippen LogP contribution in [0.1, 0.15) is 12.5 Å². The molecule has 0 aromatic heterocycles. The lowest BCUT2D eigenvalue weighted by Gasteiger charge is -2.31. The molecule has 0 N–H and O–H groups in total. The van der Waals surface area contributed by atoms with Crippen molar-refractivity contribution in [2.75, 3.05) is 13.9 Å². The third kappa shape index (κ3) is 3.08. The Bertz CT molecular complexity index is 290. The third-order valence-electron chi connectivity index (χ3n) is 2.24. The van der Waals surface area contributed by atoms with Crippen LogP contribution < -0.4 is 0 Å². The van der Waals surface area contributed by atoms with Gasteiger partial charge in [-0.1, -0.05) is 30.3 Å². The predicted molar refractivity (Wildman–Crippen MR) is 62.2 cm³/mol. The van der Waals surface area contributed by atoms with Crippen molar-refractivity contribution in [2.24, 2.45) is 0 Å². The smallest absolute Gasteiger partial charge is 0.147 e. The number of rotatable bonds is 5. The maximum absolute atomic E-state index is 5.94. The molecule has 1 aromatic rings. The van der Waals surface area contributed by atoms with Crippen molar-refractivity contribution in [1.82, 2.24) is 0 Å². The number of alkyl halides is 2. The molecule has 15 heavy (non-hydrogen) atoms. The number of halogens is 2. The minimum Gasteiger partial charge on any atom is -0.359 e. The van der Waals surface area contributed by atoms with Crippen molar-refractivity contribution >= 4 is 23.2 Å². The predicted octanol–water partition coefficient (Wildman–Crippen LogP) is 3.33. The molecule has 0 saturated heterocycles. The molecule has 0 bridgehead atoms. The van der Waals surface area contributed by atoms with Gasteiger partial charge in [-0.2, -0.15) is 0 Å². The minimum atomic E-state index is -0.750. The van der Waals surface area contributed by atoms with Crippen molar-refractivity contribution in [3.63, 3.8) is 0 Å². The first-order valence-electron chi connectivity index (χ1n) is 4.58. The fraction of sp³-hybridized carbons (Fsp3) is 0.455. The van der Waals surface area contributed by atoms with Gasteiger partial charge in [0.15, 0.2) is 0 Å². The van der Waals surface area contributed by atoms with E-state index in [1.165, 1.54) is 0 Å². The fourth-order valence-electron chi connectivity index (χ4n) is 1.22. The van der Waals surface area contributed by atoms with E-state index in [1.54, 1.807) is 7.11 Å². The van der Waals surface area contributed by atoms with Gasteiger partial charge in [0.2, 0.25) is 0 Å². The Morgan fingerprint density at radius 3 is 2.33 bits per heavy atom. The zero-order valence-corrected chi connectivity index (χ0v) is 10.3. The van der Waals surface area contributed by atoms with Crippen LogP contribution in [0.2, 0.25) is 0 Å². The summed E-state index contributed by atoms with van der Waals surface area (Å²) in [7, 11) is 1.56. The molecular formula is C11H14Cl2O2. The summed E-state index contributed by atoms with van der Waals surface area (Å²) in [4.78, 5) is -0.657. The van der Waals surface area contributed by atoms with Gasteiger partial charge in [-0.25, -0.2) is 0 Å². The molecule has 0 heterocycles. The Kier molecular flexibility index (Phi) is 4.87. The van der Waals surface area contributed by atoms with Gasteiger partial charge in [-0.3, -0.25) is 0 Å². The summed E-state index contributed by atoms with van der Waals surface area (Å²) in [6, 6.07) is 9.61. The second kappa shape index (κ2) is 5.71. The van der Waals surface area contributed by atoms with Gasteiger partial charge in [0, 0.05) is 7.11 Å². The molecule has 0 radical (unpaired) electrons. The first-order chi connectivity index (χ1) is 7.11. The first-order valence-corrected chi connectivity index (χ1v) is 5.45. The van der Waals surface area contributed by atoms with Crippen LogP contribution in [0, 0.1) is 0 Å². The summed E-state index contributed by atoms with van der Waals surface area (Å²) in [5.41, 5.74) is 0.178. The highest BCUT2D eigenvalue weighted by Crippen LogP contribution is 2.34. The molecule has 1 rings (SSSR count). The lowest BCUT2D eigenvalue weighted by atomic mass is 9.98. The van der Waals surface area contributed by atoms with Crippen LogP contribution in [-0.2, 0) is 15.1 Å². The van der Waals surface area contributed by atoms with Gasteiger partial charge in [0.05, 0.1) is 0 Å². The first kappa shape index (κ1) is 12.8. The number of hydrogen-bond donors (Lipinski definition) is 0. The number of methoxy groups -OCH3 is 1. The molecular weight excluding hydrogens is 235 g/mol. The third-order valence-corrected chi connectivity index (χ3v) is 3.07. The van der Waals surface area contributed by atoms with Crippen LogP contribution in [0.4, 0.5) is 0 Å². The molecule has 0 fully saturated rings. The summed E-state index contributed by atoms with van der Waals surface area (Å²) in [5.74, 6) is 0. The number of hydrogen-bond acceptors (Lipinski definition) is 2. The lowest BCUT2D eigenvalue weighted by Crippen LogP contribution is -2.33. The van der Waals surface area contributed by atoms with Crippen LogP contribution in [0.5, 0.6) is 0 Å². The minimum absolute atomic E-state index is 0.154. The highest BCUT2D eigenvalue weighted by Gasteiger charge is 2.34. The van der Waals surface area contributed by atoms with Crippen LogP contribution >= 0.6 is 23.2 Å². The molecule has 0 aliphatic heterocycles. The molecule has 1 atom stereocenters. The summed E-state index contributed by atoms with van der Waals surface area (Å²) in [6.45, 7) is 1.99. The zero-order chi connectivity index (χ0) is 11.3. The monoisotopic (exact) mass is 248 g/mol. The normalized spacial score (nSPS) is 15.3. The van der Waals surface area contributed by atoms with Gasteiger partial charge in [-0.15, -0.1) is 23.2 Å². The Labute approximate surface area is 100 Å².